The minimum atomic E-state index is -0.305. The van der Waals surface area contributed by atoms with Gasteiger partial charge in [-0.1, -0.05) is 17.7 Å². The third-order valence-corrected chi connectivity index (χ3v) is 4.62. The number of nitrogens with one attached hydrogen (secondary N) is 1. The summed E-state index contributed by atoms with van der Waals surface area (Å²) in [6, 6.07) is 17.5. The summed E-state index contributed by atoms with van der Waals surface area (Å²) in [5.74, 6) is 2.18. The van der Waals surface area contributed by atoms with Crippen LogP contribution in [0.15, 0.2) is 60.7 Å². The maximum Gasteiger partial charge on any atom is 0.255 e. The van der Waals surface area contributed by atoms with Gasteiger partial charge in [0.05, 0.1) is 27.0 Å². The van der Waals surface area contributed by atoms with Crippen molar-refractivity contribution in [2.45, 2.75) is 6.61 Å². The lowest BCUT2D eigenvalue weighted by atomic mass is 10.1. The van der Waals surface area contributed by atoms with Crippen molar-refractivity contribution in [3.05, 3.63) is 76.8 Å². The second-order valence-electron chi connectivity index (χ2n) is 6.29. The Morgan fingerprint density at radius 1 is 0.867 bits per heavy atom. The fourth-order valence-electron chi connectivity index (χ4n) is 2.86. The Kier molecular flexibility index (Phi) is 7.03. The van der Waals surface area contributed by atoms with Gasteiger partial charge in [0.25, 0.3) is 5.91 Å². The monoisotopic (exact) mass is 427 g/mol. The quantitative estimate of drug-likeness (QED) is 0.535. The maximum absolute atomic E-state index is 12.8. The molecule has 3 aromatic rings. The number of amides is 1. The molecule has 0 atom stereocenters. The Bertz CT molecular complexity index is 1040. The molecule has 156 valence electrons. The smallest absolute Gasteiger partial charge is 0.255 e. The average Bonchev–Trinajstić information content (AvgIpc) is 2.77. The molecule has 0 heterocycles. The van der Waals surface area contributed by atoms with E-state index in [0.29, 0.717) is 39.3 Å². The van der Waals surface area contributed by atoms with E-state index in [4.69, 9.17) is 30.5 Å². The van der Waals surface area contributed by atoms with Crippen molar-refractivity contribution in [3.8, 4) is 23.0 Å². The molecule has 0 aliphatic heterocycles. The van der Waals surface area contributed by atoms with Crippen LogP contribution in [-0.2, 0) is 6.61 Å². The number of halogens is 1. The van der Waals surface area contributed by atoms with Crippen LogP contribution in [0.25, 0.3) is 0 Å². The highest BCUT2D eigenvalue weighted by Crippen LogP contribution is 2.29. The standard InChI is InChI=1S/C23H22ClNO5/c1-27-18-5-4-6-19(13-18)30-14-16-11-15(7-9-21(16)28-2)23(26)25-20-12-17(24)8-10-22(20)29-3/h4-13H,14H2,1-3H3,(H,25,26). The minimum absolute atomic E-state index is 0.220. The molecular formula is C23H22ClNO5. The van der Waals surface area contributed by atoms with Crippen LogP contribution in [0.3, 0.4) is 0 Å². The molecule has 1 amide bonds. The second kappa shape index (κ2) is 9.89. The van der Waals surface area contributed by atoms with E-state index in [-0.39, 0.29) is 12.5 Å². The fourth-order valence-corrected chi connectivity index (χ4v) is 3.03. The fraction of sp³-hybridized carbons (Fsp3) is 0.174. The summed E-state index contributed by atoms with van der Waals surface area (Å²) in [5, 5.41) is 3.32. The number of ether oxygens (including phenoxy) is 4. The summed E-state index contributed by atoms with van der Waals surface area (Å²) in [6.07, 6.45) is 0. The Labute approximate surface area is 180 Å². The molecule has 0 aliphatic rings. The molecule has 3 aromatic carbocycles. The van der Waals surface area contributed by atoms with Gasteiger partial charge in [0, 0.05) is 22.2 Å². The van der Waals surface area contributed by atoms with Crippen LogP contribution in [0, 0.1) is 0 Å². The molecule has 1 N–H and O–H groups in total. The van der Waals surface area contributed by atoms with Gasteiger partial charge in [-0.2, -0.15) is 0 Å². The van der Waals surface area contributed by atoms with E-state index in [1.165, 1.54) is 7.11 Å². The first-order valence-electron chi connectivity index (χ1n) is 9.12. The number of methoxy groups -OCH3 is 3. The number of carbonyl (C=O) groups excluding carboxylic acids is 1. The lowest BCUT2D eigenvalue weighted by molar-refractivity contribution is 0.102. The van der Waals surface area contributed by atoms with E-state index < -0.39 is 0 Å². The SMILES string of the molecule is COc1cccc(OCc2cc(C(=O)Nc3cc(Cl)ccc3OC)ccc2OC)c1. The van der Waals surface area contributed by atoms with E-state index in [1.54, 1.807) is 56.7 Å². The molecule has 30 heavy (non-hydrogen) atoms. The van der Waals surface area contributed by atoms with Crippen LogP contribution in [-0.4, -0.2) is 27.2 Å². The van der Waals surface area contributed by atoms with E-state index in [0.717, 1.165) is 5.56 Å². The van der Waals surface area contributed by atoms with E-state index >= 15 is 0 Å². The molecule has 0 bridgehead atoms. The summed E-state index contributed by atoms with van der Waals surface area (Å²) in [6.45, 7) is 0.220. The summed E-state index contributed by atoms with van der Waals surface area (Å²) in [4.78, 5) is 12.8. The molecule has 0 saturated heterocycles. The zero-order valence-corrected chi connectivity index (χ0v) is 17.7. The van der Waals surface area contributed by atoms with Gasteiger partial charge in [-0.25, -0.2) is 0 Å². The van der Waals surface area contributed by atoms with Gasteiger partial charge in [-0.15, -0.1) is 0 Å². The lowest BCUT2D eigenvalue weighted by Crippen LogP contribution is -2.13. The molecule has 7 heteroatoms. The first-order valence-corrected chi connectivity index (χ1v) is 9.50. The van der Waals surface area contributed by atoms with E-state index in [1.807, 2.05) is 18.2 Å². The van der Waals surface area contributed by atoms with E-state index in [9.17, 15) is 4.79 Å². The van der Waals surface area contributed by atoms with Crippen molar-refractivity contribution in [3.63, 3.8) is 0 Å². The molecule has 3 rings (SSSR count). The first-order chi connectivity index (χ1) is 14.5. The maximum atomic E-state index is 12.8. The molecule has 0 spiro atoms. The highest BCUT2D eigenvalue weighted by atomic mass is 35.5. The number of rotatable bonds is 8. The number of anilines is 1. The normalized spacial score (nSPS) is 10.3. The summed E-state index contributed by atoms with van der Waals surface area (Å²) in [7, 11) is 4.69. The zero-order chi connectivity index (χ0) is 21.5. The van der Waals surface area contributed by atoms with Crippen LogP contribution in [0.1, 0.15) is 15.9 Å². The Morgan fingerprint density at radius 2 is 1.60 bits per heavy atom. The van der Waals surface area contributed by atoms with Gasteiger partial charge in [0.2, 0.25) is 0 Å². The van der Waals surface area contributed by atoms with Crippen LogP contribution in [0.4, 0.5) is 5.69 Å². The Balaban J connectivity index is 1.79. The minimum Gasteiger partial charge on any atom is -0.497 e. The molecule has 0 saturated carbocycles. The first kappa shape index (κ1) is 21.3. The van der Waals surface area contributed by atoms with Crippen molar-refractivity contribution >= 4 is 23.2 Å². The van der Waals surface area contributed by atoms with Gasteiger partial charge < -0.3 is 24.3 Å². The van der Waals surface area contributed by atoms with Crippen molar-refractivity contribution in [1.29, 1.82) is 0 Å². The summed E-state index contributed by atoms with van der Waals surface area (Å²) < 4.78 is 21.8. The van der Waals surface area contributed by atoms with Crippen LogP contribution >= 0.6 is 11.6 Å². The molecular weight excluding hydrogens is 406 g/mol. The average molecular weight is 428 g/mol. The van der Waals surface area contributed by atoms with Gasteiger partial charge in [0.15, 0.2) is 0 Å². The van der Waals surface area contributed by atoms with Crippen LogP contribution in [0.2, 0.25) is 5.02 Å². The van der Waals surface area contributed by atoms with Crippen LogP contribution < -0.4 is 24.3 Å². The van der Waals surface area contributed by atoms with Crippen molar-refractivity contribution < 1.29 is 23.7 Å². The number of hydrogen-bond donors (Lipinski definition) is 1. The number of carbonyl (C=O) groups is 1. The largest absolute Gasteiger partial charge is 0.497 e. The molecule has 6 nitrogen and oxygen atoms in total. The molecule has 0 aromatic heterocycles. The number of benzene rings is 3. The highest BCUT2D eigenvalue weighted by molar-refractivity contribution is 6.31. The predicted octanol–water partition coefficient (Wildman–Crippen LogP) is 5.20. The van der Waals surface area contributed by atoms with Crippen molar-refractivity contribution in [2.75, 3.05) is 26.6 Å². The summed E-state index contributed by atoms with van der Waals surface area (Å²) >= 11 is 6.04. The summed E-state index contributed by atoms with van der Waals surface area (Å²) in [5.41, 5.74) is 1.66. The Morgan fingerprint density at radius 3 is 2.33 bits per heavy atom. The van der Waals surface area contributed by atoms with Crippen molar-refractivity contribution in [1.82, 2.24) is 0 Å². The van der Waals surface area contributed by atoms with Gasteiger partial charge in [-0.05, 0) is 48.5 Å². The highest BCUT2D eigenvalue weighted by Gasteiger charge is 2.14. The Hall–Kier alpha value is -3.38. The molecule has 0 aliphatic carbocycles. The molecule has 0 unspecified atom stereocenters. The number of hydrogen-bond acceptors (Lipinski definition) is 5. The lowest BCUT2D eigenvalue weighted by Gasteiger charge is -2.14. The second-order valence-corrected chi connectivity index (χ2v) is 6.73. The van der Waals surface area contributed by atoms with Gasteiger partial charge in [-0.3, -0.25) is 4.79 Å². The molecule has 0 fully saturated rings. The molecule has 0 radical (unpaired) electrons. The third kappa shape index (κ3) is 5.15. The predicted molar refractivity (Wildman–Crippen MR) is 116 cm³/mol. The van der Waals surface area contributed by atoms with E-state index in [2.05, 4.69) is 5.32 Å². The zero-order valence-electron chi connectivity index (χ0n) is 16.9. The van der Waals surface area contributed by atoms with Gasteiger partial charge >= 0.3 is 0 Å². The van der Waals surface area contributed by atoms with Gasteiger partial charge in [0.1, 0.15) is 29.6 Å². The topological polar surface area (TPSA) is 66.0 Å². The van der Waals surface area contributed by atoms with Crippen LogP contribution in [0.5, 0.6) is 23.0 Å². The van der Waals surface area contributed by atoms with Crippen molar-refractivity contribution in [2.24, 2.45) is 0 Å². The third-order valence-electron chi connectivity index (χ3n) is 4.39.